The summed E-state index contributed by atoms with van der Waals surface area (Å²) in [5, 5.41) is 0.841. The van der Waals surface area contributed by atoms with Crippen molar-refractivity contribution in [3.63, 3.8) is 0 Å². The molecule has 0 aliphatic rings. The molecule has 0 atom stereocenters. The van der Waals surface area contributed by atoms with E-state index in [0.717, 1.165) is 17.1 Å². The number of carbonyl (C=O) groups excluding carboxylic acids is 1. The summed E-state index contributed by atoms with van der Waals surface area (Å²) < 4.78 is 10.9. The zero-order valence-corrected chi connectivity index (χ0v) is 20.2. The van der Waals surface area contributed by atoms with Crippen LogP contribution in [0.1, 0.15) is 27.4 Å². The summed E-state index contributed by atoms with van der Waals surface area (Å²) >= 11 is 12.1. The maximum absolute atomic E-state index is 13.5. The van der Waals surface area contributed by atoms with Gasteiger partial charge in [-0.05, 0) is 51.1 Å². The molecule has 4 rings (SSSR count). The lowest BCUT2D eigenvalue weighted by atomic mass is 10.1. The predicted octanol–water partition coefficient (Wildman–Crippen LogP) is 5.46. The lowest BCUT2D eigenvalue weighted by Crippen LogP contribution is -2.22. The highest BCUT2D eigenvalue weighted by Gasteiger charge is 2.24. The van der Waals surface area contributed by atoms with Crippen molar-refractivity contribution in [1.82, 2.24) is 13.9 Å². The second kappa shape index (κ2) is 8.96. The van der Waals surface area contributed by atoms with Crippen molar-refractivity contribution in [3.8, 4) is 17.1 Å². The van der Waals surface area contributed by atoms with E-state index in [-0.39, 0.29) is 17.9 Å². The summed E-state index contributed by atoms with van der Waals surface area (Å²) in [7, 11) is 1.84. The Kier molecular flexibility index (Phi) is 6.23. The molecule has 0 saturated heterocycles. The van der Waals surface area contributed by atoms with Crippen molar-refractivity contribution in [2.24, 2.45) is 7.05 Å². The summed E-state index contributed by atoms with van der Waals surface area (Å²) in [6, 6.07) is 16.1. The number of benzene rings is 2. The number of Topliss-reactive ketones (excluding diaryl/α,β-unsaturated/α-hetero) is 1. The van der Waals surface area contributed by atoms with Gasteiger partial charge in [-0.3, -0.25) is 14.3 Å². The van der Waals surface area contributed by atoms with Gasteiger partial charge in [0.05, 0.1) is 16.4 Å². The molecule has 0 fully saturated rings. The van der Waals surface area contributed by atoms with Gasteiger partial charge >= 0.3 is 0 Å². The van der Waals surface area contributed by atoms with Gasteiger partial charge in [-0.25, -0.2) is 4.68 Å². The third-order valence-corrected chi connectivity index (χ3v) is 6.28. The number of aromatic nitrogens is 3. The number of hydrogen-bond donors (Lipinski definition) is 0. The molecule has 4 aromatic rings. The Balaban J connectivity index is 1.71. The normalized spacial score (nSPS) is 11.1. The fourth-order valence-electron chi connectivity index (χ4n) is 4.01. The minimum absolute atomic E-state index is 0.163. The van der Waals surface area contributed by atoms with E-state index in [9.17, 15) is 9.59 Å². The van der Waals surface area contributed by atoms with Crippen LogP contribution >= 0.6 is 23.2 Å². The lowest BCUT2D eigenvalue weighted by molar-refractivity contribution is 0.0921. The molecule has 170 valence electrons. The first-order valence-corrected chi connectivity index (χ1v) is 11.1. The molecule has 0 spiro atoms. The van der Waals surface area contributed by atoms with Crippen LogP contribution in [-0.2, 0) is 7.05 Å². The zero-order chi connectivity index (χ0) is 23.9. The average molecular weight is 484 g/mol. The highest BCUT2D eigenvalue weighted by Crippen LogP contribution is 2.28. The van der Waals surface area contributed by atoms with Gasteiger partial charge in [0, 0.05) is 35.1 Å². The Morgan fingerprint density at radius 2 is 1.67 bits per heavy atom. The monoisotopic (exact) mass is 483 g/mol. The van der Waals surface area contributed by atoms with E-state index in [1.54, 1.807) is 28.9 Å². The van der Waals surface area contributed by atoms with E-state index in [2.05, 4.69) is 0 Å². The maximum atomic E-state index is 13.5. The molecule has 0 radical (unpaired) electrons. The Morgan fingerprint density at radius 1 is 0.970 bits per heavy atom. The SMILES string of the molecule is Cc1cc(C(=O)COc2cc(Cl)ccc2Cl)c(C)n1-c1c(C)n(C)n(-c2ccccc2)c1=O. The second-order valence-corrected chi connectivity index (χ2v) is 8.66. The topological polar surface area (TPSA) is 58.2 Å². The van der Waals surface area contributed by atoms with Gasteiger partial charge in [0.2, 0.25) is 5.78 Å². The molecule has 0 saturated carbocycles. The molecule has 2 aromatic carbocycles. The Hall–Kier alpha value is -3.22. The van der Waals surface area contributed by atoms with Gasteiger partial charge in [-0.15, -0.1) is 0 Å². The van der Waals surface area contributed by atoms with Crippen LogP contribution in [0, 0.1) is 20.8 Å². The Bertz CT molecular complexity index is 1420. The first-order valence-electron chi connectivity index (χ1n) is 10.3. The van der Waals surface area contributed by atoms with Crippen LogP contribution in [-0.4, -0.2) is 26.3 Å². The minimum atomic E-state index is -0.220. The largest absolute Gasteiger partial charge is 0.484 e. The molecule has 8 heteroatoms. The van der Waals surface area contributed by atoms with Gasteiger partial charge in [-0.1, -0.05) is 41.4 Å². The number of aryl methyl sites for hydroxylation is 1. The molecular weight excluding hydrogens is 461 g/mol. The molecule has 2 heterocycles. The average Bonchev–Trinajstić information content (AvgIpc) is 3.20. The predicted molar refractivity (Wildman–Crippen MR) is 131 cm³/mol. The first-order chi connectivity index (χ1) is 15.7. The molecule has 0 unspecified atom stereocenters. The number of ether oxygens (including phenoxy) is 1. The number of rotatable bonds is 6. The summed E-state index contributed by atoms with van der Waals surface area (Å²) in [4.78, 5) is 26.5. The fraction of sp³-hybridized carbons (Fsp3) is 0.200. The van der Waals surface area contributed by atoms with Gasteiger partial charge in [0.1, 0.15) is 11.4 Å². The number of para-hydroxylation sites is 1. The van der Waals surface area contributed by atoms with Gasteiger partial charge < -0.3 is 9.30 Å². The fourth-order valence-corrected chi connectivity index (χ4v) is 4.34. The summed E-state index contributed by atoms with van der Waals surface area (Å²) in [5.74, 6) is 0.123. The first kappa shape index (κ1) is 23.0. The van der Waals surface area contributed by atoms with Crippen LogP contribution in [0.25, 0.3) is 11.4 Å². The number of nitrogens with zero attached hydrogens (tertiary/aromatic N) is 3. The van der Waals surface area contributed by atoms with Gasteiger partial charge in [0.25, 0.3) is 5.56 Å². The summed E-state index contributed by atoms with van der Waals surface area (Å²) in [6.45, 7) is 5.38. The molecule has 33 heavy (non-hydrogen) atoms. The van der Waals surface area contributed by atoms with Crippen molar-refractivity contribution in [3.05, 3.63) is 97.6 Å². The quantitative estimate of drug-likeness (QED) is 0.342. The smallest absolute Gasteiger partial charge is 0.295 e. The number of carbonyl (C=O) groups is 1. The van der Waals surface area contributed by atoms with E-state index in [1.165, 1.54) is 0 Å². The minimum Gasteiger partial charge on any atom is -0.484 e. The second-order valence-electron chi connectivity index (χ2n) is 7.82. The molecule has 0 bridgehead atoms. The highest BCUT2D eigenvalue weighted by molar-refractivity contribution is 6.34. The zero-order valence-electron chi connectivity index (χ0n) is 18.7. The van der Waals surface area contributed by atoms with E-state index >= 15 is 0 Å². The Labute approximate surface area is 201 Å². The van der Waals surface area contributed by atoms with Crippen molar-refractivity contribution >= 4 is 29.0 Å². The molecule has 6 nitrogen and oxygen atoms in total. The summed E-state index contributed by atoms with van der Waals surface area (Å²) in [6.07, 6.45) is 0. The standard InChI is InChI=1S/C25H23Cl2N3O3/c1-15-12-20(22(31)14-33-23-13-18(26)10-11-21(23)27)16(2)29(15)24-17(3)28(4)30(25(24)32)19-8-6-5-7-9-19/h5-13H,14H2,1-4H3. The molecule has 0 aliphatic carbocycles. The Morgan fingerprint density at radius 3 is 2.36 bits per heavy atom. The number of hydrogen-bond acceptors (Lipinski definition) is 3. The third kappa shape index (κ3) is 4.12. The maximum Gasteiger partial charge on any atom is 0.295 e. The third-order valence-electron chi connectivity index (χ3n) is 5.73. The van der Waals surface area contributed by atoms with Crippen LogP contribution in [0.15, 0.2) is 59.4 Å². The van der Waals surface area contributed by atoms with Crippen LogP contribution < -0.4 is 10.3 Å². The molecule has 0 amide bonds. The highest BCUT2D eigenvalue weighted by atomic mass is 35.5. The molecule has 2 aromatic heterocycles. The van der Waals surface area contributed by atoms with E-state index < -0.39 is 0 Å². The van der Waals surface area contributed by atoms with Crippen LogP contribution in [0.5, 0.6) is 5.75 Å². The van der Waals surface area contributed by atoms with Crippen LogP contribution in [0.2, 0.25) is 10.0 Å². The van der Waals surface area contributed by atoms with Gasteiger partial charge in [-0.2, -0.15) is 0 Å². The summed E-state index contributed by atoms with van der Waals surface area (Å²) in [5.41, 5.74) is 3.83. The van der Waals surface area contributed by atoms with Crippen LogP contribution in [0.4, 0.5) is 0 Å². The molecule has 0 aliphatic heterocycles. The van der Waals surface area contributed by atoms with E-state index in [4.69, 9.17) is 27.9 Å². The number of halogens is 2. The molecular formula is C25H23Cl2N3O3. The van der Waals surface area contributed by atoms with Crippen LogP contribution in [0.3, 0.4) is 0 Å². The number of ketones is 1. The molecule has 0 N–H and O–H groups in total. The van der Waals surface area contributed by atoms with Crippen molar-refractivity contribution < 1.29 is 9.53 Å². The van der Waals surface area contributed by atoms with Crippen molar-refractivity contribution in [2.75, 3.05) is 6.61 Å². The van der Waals surface area contributed by atoms with E-state index in [0.29, 0.717) is 32.7 Å². The van der Waals surface area contributed by atoms with Crippen molar-refractivity contribution in [1.29, 1.82) is 0 Å². The van der Waals surface area contributed by atoms with E-state index in [1.807, 2.05) is 67.4 Å². The lowest BCUT2D eigenvalue weighted by Gasteiger charge is -2.09. The van der Waals surface area contributed by atoms with Crippen molar-refractivity contribution in [2.45, 2.75) is 20.8 Å². The van der Waals surface area contributed by atoms with Gasteiger partial charge in [0.15, 0.2) is 6.61 Å².